The van der Waals surface area contributed by atoms with Crippen molar-refractivity contribution >= 4 is 34.6 Å². The Bertz CT molecular complexity index is 1010. The largest absolute Gasteiger partial charge is 0.504 e. The highest BCUT2D eigenvalue weighted by Gasteiger charge is 2.30. The van der Waals surface area contributed by atoms with Crippen LogP contribution in [0.3, 0.4) is 0 Å². The van der Waals surface area contributed by atoms with Gasteiger partial charge in [-0.05, 0) is 67.4 Å². The van der Waals surface area contributed by atoms with Crippen molar-refractivity contribution in [3.63, 3.8) is 0 Å². The van der Waals surface area contributed by atoms with Crippen molar-refractivity contribution in [3.8, 4) is 11.5 Å². The van der Waals surface area contributed by atoms with Gasteiger partial charge in [0.15, 0.2) is 16.7 Å². The van der Waals surface area contributed by atoms with Gasteiger partial charge in [-0.1, -0.05) is 24.3 Å². The minimum atomic E-state index is -0.112. The summed E-state index contributed by atoms with van der Waals surface area (Å²) < 4.78 is 5.55. The van der Waals surface area contributed by atoms with Gasteiger partial charge >= 0.3 is 0 Å². The molecule has 0 atom stereocenters. The van der Waals surface area contributed by atoms with Crippen LogP contribution in [0.25, 0.3) is 6.08 Å². The van der Waals surface area contributed by atoms with Crippen molar-refractivity contribution in [1.29, 1.82) is 0 Å². The first-order chi connectivity index (χ1) is 13.9. The lowest BCUT2D eigenvalue weighted by atomic mass is 10.1. The summed E-state index contributed by atoms with van der Waals surface area (Å²) in [6, 6.07) is 11.4. The molecule has 1 fully saturated rings. The number of benzene rings is 2. The molecular formula is C23H24N2O3S. The highest BCUT2D eigenvalue weighted by atomic mass is 32.2. The van der Waals surface area contributed by atoms with Crippen molar-refractivity contribution in [1.82, 2.24) is 4.90 Å². The maximum absolute atomic E-state index is 12.7. The Labute approximate surface area is 175 Å². The molecule has 0 unspecified atom stereocenters. The number of phenols is 1. The molecule has 2 aromatic carbocycles. The summed E-state index contributed by atoms with van der Waals surface area (Å²) in [5, 5.41) is 11.0. The molecule has 1 N–H and O–H groups in total. The Balaban J connectivity index is 1.97. The molecule has 3 rings (SSSR count). The molecular weight excluding hydrogens is 384 g/mol. The van der Waals surface area contributed by atoms with E-state index in [1.165, 1.54) is 11.8 Å². The van der Waals surface area contributed by atoms with E-state index in [2.05, 4.69) is 11.6 Å². The van der Waals surface area contributed by atoms with Crippen LogP contribution in [-0.2, 0) is 11.2 Å². The number of aromatic hydroxyl groups is 1. The summed E-state index contributed by atoms with van der Waals surface area (Å²) >= 11 is 1.33. The first-order valence-electron chi connectivity index (χ1n) is 9.36. The molecule has 1 aliphatic rings. The standard InChI is InChI=1S/C23H24N2O3S/c1-5-9-17-12-16(13-19(21(17)26)28-6-2)14-20-22(27)25(4)23(29-20)24-18-11-8-7-10-15(18)3/h5,7-8,10-14,26H,1,6,9H2,2-4H3/b20-14+,24-23?. The average molecular weight is 409 g/mol. The molecule has 1 amide bonds. The van der Waals surface area contributed by atoms with Crippen LogP contribution >= 0.6 is 11.8 Å². The van der Waals surface area contributed by atoms with Crippen LogP contribution < -0.4 is 4.74 Å². The number of ether oxygens (including phenoxy) is 1. The third kappa shape index (κ3) is 4.54. The molecule has 0 spiro atoms. The van der Waals surface area contributed by atoms with E-state index in [0.29, 0.717) is 34.4 Å². The summed E-state index contributed by atoms with van der Waals surface area (Å²) in [5.74, 6) is 0.396. The number of carbonyl (C=O) groups excluding carboxylic acids is 1. The monoisotopic (exact) mass is 408 g/mol. The highest BCUT2D eigenvalue weighted by molar-refractivity contribution is 8.18. The van der Waals surface area contributed by atoms with Crippen molar-refractivity contribution in [3.05, 3.63) is 70.6 Å². The lowest BCUT2D eigenvalue weighted by Crippen LogP contribution is -2.23. The molecule has 29 heavy (non-hydrogen) atoms. The fourth-order valence-electron chi connectivity index (χ4n) is 2.94. The number of nitrogens with zero attached hydrogens (tertiary/aromatic N) is 2. The van der Waals surface area contributed by atoms with E-state index in [1.807, 2.05) is 44.2 Å². The molecule has 0 radical (unpaired) electrons. The van der Waals surface area contributed by atoms with Gasteiger partial charge < -0.3 is 9.84 Å². The van der Waals surface area contributed by atoms with E-state index >= 15 is 0 Å². The zero-order valence-electron chi connectivity index (χ0n) is 16.8. The maximum Gasteiger partial charge on any atom is 0.266 e. The smallest absolute Gasteiger partial charge is 0.266 e. The number of aryl methyl sites for hydroxylation is 1. The van der Waals surface area contributed by atoms with Gasteiger partial charge in [-0.2, -0.15) is 0 Å². The van der Waals surface area contributed by atoms with Crippen molar-refractivity contribution in [2.75, 3.05) is 13.7 Å². The van der Waals surface area contributed by atoms with Crippen LogP contribution in [0.15, 0.2) is 59.0 Å². The minimum Gasteiger partial charge on any atom is -0.504 e. The first kappa shape index (κ1) is 20.7. The summed E-state index contributed by atoms with van der Waals surface area (Å²) in [7, 11) is 1.72. The number of hydrogen-bond acceptors (Lipinski definition) is 5. The van der Waals surface area contributed by atoms with Gasteiger partial charge in [-0.15, -0.1) is 6.58 Å². The number of carbonyl (C=O) groups is 1. The molecule has 0 bridgehead atoms. The molecule has 6 heteroatoms. The first-order valence-corrected chi connectivity index (χ1v) is 10.2. The van der Waals surface area contributed by atoms with E-state index in [1.54, 1.807) is 30.2 Å². The van der Waals surface area contributed by atoms with E-state index in [4.69, 9.17) is 4.74 Å². The van der Waals surface area contributed by atoms with Crippen molar-refractivity contribution in [2.24, 2.45) is 4.99 Å². The van der Waals surface area contributed by atoms with E-state index < -0.39 is 0 Å². The molecule has 0 saturated carbocycles. The molecule has 0 aliphatic carbocycles. The summed E-state index contributed by atoms with van der Waals surface area (Å²) in [4.78, 5) is 19.5. The molecule has 2 aromatic rings. The second kappa shape index (κ2) is 9.01. The number of likely N-dealkylation sites (N-methyl/N-ethyl adjacent to an activating group) is 1. The number of allylic oxidation sites excluding steroid dienone is 1. The number of hydrogen-bond donors (Lipinski definition) is 1. The average Bonchev–Trinajstić information content (AvgIpc) is 2.95. The number of amides is 1. The SMILES string of the molecule is C=CCc1cc(/C=C2/SC(=Nc3ccccc3C)N(C)C2=O)cc(OCC)c1O. The third-order valence-corrected chi connectivity index (χ3v) is 5.53. The van der Waals surface area contributed by atoms with Crippen LogP contribution in [-0.4, -0.2) is 34.7 Å². The summed E-state index contributed by atoms with van der Waals surface area (Å²) in [6.45, 7) is 8.02. The Morgan fingerprint density at radius 2 is 2.07 bits per heavy atom. The Kier molecular flexibility index (Phi) is 6.44. The van der Waals surface area contributed by atoms with Gasteiger partial charge in [0.25, 0.3) is 5.91 Å². The minimum absolute atomic E-state index is 0.109. The third-order valence-electron chi connectivity index (χ3n) is 4.47. The second-order valence-corrected chi connectivity index (χ2v) is 7.62. The zero-order chi connectivity index (χ0) is 21.0. The van der Waals surface area contributed by atoms with Gasteiger partial charge in [0.2, 0.25) is 0 Å². The van der Waals surface area contributed by atoms with Crippen LogP contribution in [0.5, 0.6) is 11.5 Å². The van der Waals surface area contributed by atoms with Crippen LogP contribution in [0.2, 0.25) is 0 Å². The lowest BCUT2D eigenvalue weighted by molar-refractivity contribution is -0.121. The normalized spacial score (nSPS) is 16.7. The Hall–Kier alpha value is -2.99. The predicted octanol–water partition coefficient (Wildman–Crippen LogP) is 5.06. The van der Waals surface area contributed by atoms with Gasteiger partial charge in [-0.3, -0.25) is 9.69 Å². The van der Waals surface area contributed by atoms with Gasteiger partial charge in [0.1, 0.15) is 0 Å². The van der Waals surface area contributed by atoms with E-state index in [0.717, 1.165) is 16.8 Å². The number of phenolic OH excluding ortho intramolecular Hbond substituents is 1. The maximum atomic E-state index is 12.7. The van der Waals surface area contributed by atoms with E-state index in [-0.39, 0.29) is 11.7 Å². The number of rotatable bonds is 6. The lowest BCUT2D eigenvalue weighted by Gasteiger charge is -2.11. The number of para-hydroxylation sites is 1. The highest BCUT2D eigenvalue weighted by Crippen LogP contribution is 2.37. The van der Waals surface area contributed by atoms with Crippen LogP contribution in [0.1, 0.15) is 23.6 Å². The quantitative estimate of drug-likeness (QED) is 0.536. The Morgan fingerprint density at radius 3 is 2.76 bits per heavy atom. The van der Waals surface area contributed by atoms with Gasteiger partial charge in [-0.25, -0.2) is 4.99 Å². The van der Waals surface area contributed by atoms with Gasteiger partial charge in [0, 0.05) is 12.6 Å². The number of thioether (sulfide) groups is 1. The Morgan fingerprint density at radius 1 is 1.31 bits per heavy atom. The summed E-state index contributed by atoms with van der Waals surface area (Å²) in [6.07, 6.45) is 4.03. The topological polar surface area (TPSA) is 62.1 Å². The van der Waals surface area contributed by atoms with Gasteiger partial charge in [0.05, 0.1) is 17.2 Å². The number of aliphatic imine (C=N–C) groups is 1. The van der Waals surface area contributed by atoms with Crippen LogP contribution in [0.4, 0.5) is 5.69 Å². The predicted molar refractivity (Wildman–Crippen MR) is 120 cm³/mol. The molecule has 1 aliphatic heterocycles. The number of amidine groups is 1. The van der Waals surface area contributed by atoms with Crippen molar-refractivity contribution in [2.45, 2.75) is 20.3 Å². The van der Waals surface area contributed by atoms with E-state index in [9.17, 15) is 9.90 Å². The second-order valence-electron chi connectivity index (χ2n) is 6.61. The molecule has 1 heterocycles. The molecule has 5 nitrogen and oxygen atoms in total. The zero-order valence-corrected chi connectivity index (χ0v) is 17.6. The summed E-state index contributed by atoms with van der Waals surface area (Å²) in [5.41, 5.74) is 3.38. The van der Waals surface area contributed by atoms with Crippen LogP contribution in [0, 0.1) is 6.92 Å². The molecule has 150 valence electrons. The fourth-order valence-corrected chi connectivity index (χ4v) is 3.92. The molecule has 0 aromatic heterocycles. The van der Waals surface area contributed by atoms with Crippen molar-refractivity contribution < 1.29 is 14.6 Å². The molecule has 1 saturated heterocycles. The fraction of sp³-hybridized carbons (Fsp3) is 0.217.